The Morgan fingerprint density at radius 2 is 1.96 bits per heavy atom. The number of ether oxygens (including phenoxy) is 1. The Bertz CT molecular complexity index is 854. The lowest BCUT2D eigenvalue weighted by atomic mass is 10.1. The van der Waals surface area contributed by atoms with Crippen LogP contribution < -0.4 is 4.74 Å². The molecule has 1 heterocycles. The van der Waals surface area contributed by atoms with Crippen molar-refractivity contribution in [2.24, 2.45) is 0 Å². The molecule has 4 nitrogen and oxygen atoms in total. The van der Waals surface area contributed by atoms with Gasteiger partial charge in [0.2, 0.25) is 5.89 Å². The molecular weight excluding hydrogens is 324 g/mol. The molecule has 122 valence electrons. The van der Waals surface area contributed by atoms with Crippen LogP contribution in [-0.2, 0) is 0 Å². The van der Waals surface area contributed by atoms with E-state index in [9.17, 15) is 0 Å². The number of hydrogen-bond acceptors (Lipinski definition) is 4. The number of halogens is 1. The second-order valence-electron chi connectivity index (χ2n) is 5.28. The molecule has 0 bridgehead atoms. The predicted octanol–water partition coefficient (Wildman–Crippen LogP) is 5.18. The van der Waals surface area contributed by atoms with Gasteiger partial charge in [0.1, 0.15) is 10.8 Å². The highest BCUT2D eigenvalue weighted by molar-refractivity contribution is 6.50. The average Bonchev–Trinajstić information content (AvgIpc) is 3.07. The third-order valence-corrected chi connectivity index (χ3v) is 3.65. The summed E-state index contributed by atoms with van der Waals surface area (Å²) < 4.78 is 11.1. The van der Waals surface area contributed by atoms with Gasteiger partial charge >= 0.3 is 0 Å². The van der Waals surface area contributed by atoms with Crippen molar-refractivity contribution in [2.45, 2.75) is 13.8 Å². The van der Waals surface area contributed by atoms with E-state index in [0.717, 1.165) is 22.4 Å². The van der Waals surface area contributed by atoms with Crippen LogP contribution in [-0.4, -0.2) is 16.8 Å². The number of aromatic nitrogens is 2. The van der Waals surface area contributed by atoms with Crippen molar-refractivity contribution in [3.8, 4) is 17.2 Å². The largest absolute Gasteiger partial charge is 0.494 e. The predicted molar refractivity (Wildman–Crippen MR) is 95.8 cm³/mol. The minimum Gasteiger partial charge on any atom is -0.494 e. The molecule has 0 fully saturated rings. The molecule has 0 atom stereocenters. The highest BCUT2D eigenvalue weighted by atomic mass is 35.5. The van der Waals surface area contributed by atoms with E-state index in [-0.39, 0.29) is 0 Å². The lowest BCUT2D eigenvalue weighted by molar-refractivity contribution is 0.340. The highest BCUT2D eigenvalue weighted by Crippen LogP contribution is 2.26. The first-order valence-corrected chi connectivity index (χ1v) is 8.04. The van der Waals surface area contributed by atoms with E-state index < -0.39 is 0 Å². The van der Waals surface area contributed by atoms with Crippen molar-refractivity contribution in [3.63, 3.8) is 0 Å². The third kappa shape index (κ3) is 3.84. The summed E-state index contributed by atoms with van der Waals surface area (Å²) >= 11 is 6.31. The molecule has 0 saturated carbocycles. The molecule has 0 N–H and O–H groups in total. The van der Waals surface area contributed by atoms with Crippen LogP contribution >= 0.6 is 11.6 Å². The Hall–Kier alpha value is -2.59. The van der Waals surface area contributed by atoms with Gasteiger partial charge in [0, 0.05) is 5.56 Å². The number of nitrogens with zero attached hydrogens (tertiary/aromatic N) is 2. The maximum atomic E-state index is 6.31. The maximum Gasteiger partial charge on any atom is 0.259 e. The summed E-state index contributed by atoms with van der Waals surface area (Å²) in [5, 5.41) is 8.48. The molecule has 3 aromatic rings. The Morgan fingerprint density at radius 3 is 2.67 bits per heavy atom. The van der Waals surface area contributed by atoms with E-state index in [1.807, 2.05) is 62.4 Å². The maximum absolute atomic E-state index is 6.31. The van der Waals surface area contributed by atoms with Gasteiger partial charge in [-0.05, 0) is 49.8 Å². The van der Waals surface area contributed by atoms with E-state index in [0.29, 0.717) is 23.4 Å². The van der Waals surface area contributed by atoms with Crippen LogP contribution in [0, 0.1) is 6.92 Å². The fourth-order valence-corrected chi connectivity index (χ4v) is 2.45. The van der Waals surface area contributed by atoms with Crippen molar-refractivity contribution < 1.29 is 9.15 Å². The monoisotopic (exact) mass is 340 g/mol. The van der Waals surface area contributed by atoms with Crippen molar-refractivity contribution in [2.75, 3.05) is 6.61 Å². The Morgan fingerprint density at radius 1 is 1.17 bits per heavy atom. The summed E-state index contributed by atoms with van der Waals surface area (Å²) in [4.78, 5) is 0. The fourth-order valence-electron chi connectivity index (χ4n) is 2.25. The van der Waals surface area contributed by atoms with Gasteiger partial charge in [-0.3, -0.25) is 0 Å². The van der Waals surface area contributed by atoms with Crippen LogP contribution in [0.25, 0.3) is 22.6 Å². The molecule has 0 radical (unpaired) electrons. The molecule has 0 aliphatic heterocycles. The molecule has 0 amide bonds. The van der Waals surface area contributed by atoms with Crippen molar-refractivity contribution in [1.29, 1.82) is 0 Å². The van der Waals surface area contributed by atoms with E-state index in [2.05, 4.69) is 10.2 Å². The normalized spacial score (nSPS) is 11.5. The van der Waals surface area contributed by atoms with Crippen LogP contribution in [0.5, 0.6) is 5.75 Å². The van der Waals surface area contributed by atoms with Crippen LogP contribution in [0.15, 0.2) is 52.9 Å². The lowest BCUT2D eigenvalue weighted by Gasteiger charge is -2.02. The second-order valence-corrected chi connectivity index (χ2v) is 5.68. The molecule has 3 rings (SSSR count). The molecule has 0 unspecified atom stereocenters. The van der Waals surface area contributed by atoms with E-state index in [4.69, 9.17) is 20.8 Å². The van der Waals surface area contributed by atoms with E-state index in [1.165, 1.54) is 0 Å². The van der Waals surface area contributed by atoms with Gasteiger partial charge in [-0.25, -0.2) is 0 Å². The summed E-state index contributed by atoms with van der Waals surface area (Å²) in [6, 6.07) is 15.5. The summed E-state index contributed by atoms with van der Waals surface area (Å²) in [6.45, 7) is 4.60. The van der Waals surface area contributed by atoms with E-state index in [1.54, 1.807) is 6.08 Å². The first kappa shape index (κ1) is 16.3. The SMILES string of the molecule is CCOc1ccc(/C=C(\Cl)c2nnc(-c3cccc(C)c3)o2)cc1. The molecule has 5 heteroatoms. The van der Waals surface area contributed by atoms with Gasteiger partial charge in [-0.1, -0.05) is 41.4 Å². The second kappa shape index (κ2) is 7.32. The van der Waals surface area contributed by atoms with E-state index >= 15 is 0 Å². The van der Waals surface area contributed by atoms with Crippen molar-refractivity contribution >= 4 is 22.7 Å². The number of benzene rings is 2. The minimum absolute atomic E-state index is 0.294. The van der Waals surface area contributed by atoms with Gasteiger partial charge < -0.3 is 9.15 Å². The zero-order valence-corrected chi connectivity index (χ0v) is 14.2. The van der Waals surface area contributed by atoms with Crippen LogP contribution in [0.2, 0.25) is 0 Å². The van der Waals surface area contributed by atoms with Crippen LogP contribution in [0.1, 0.15) is 23.9 Å². The average molecular weight is 341 g/mol. The summed E-state index contributed by atoms with van der Waals surface area (Å²) in [5.74, 6) is 1.57. The third-order valence-electron chi connectivity index (χ3n) is 3.38. The summed E-state index contributed by atoms with van der Waals surface area (Å²) in [5.41, 5.74) is 2.93. The van der Waals surface area contributed by atoms with Crippen molar-refractivity contribution in [3.05, 3.63) is 65.5 Å². The van der Waals surface area contributed by atoms with Crippen LogP contribution in [0.3, 0.4) is 0 Å². The van der Waals surface area contributed by atoms with Gasteiger partial charge in [0.25, 0.3) is 5.89 Å². The molecular formula is C19H17ClN2O2. The van der Waals surface area contributed by atoms with Crippen molar-refractivity contribution in [1.82, 2.24) is 10.2 Å². The highest BCUT2D eigenvalue weighted by Gasteiger charge is 2.11. The van der Waals surface area contributed by atoms with Crippen LogP contribution in [0.4, 0.5) is 0 Å². The topological polar surface area (TPSA) is 48.2 Å². The van der Waals surface area contributed by atoms with Gasteiger partial charge in [-0.2, -0.15) is 0 Å². The number of hydrogen-bond donors (Lipinski definition) is 0. The molecule has 0 saturated heterocycles. The molecule has 2 aromatic carbocycles. The molecule has 24 heavy (non-hydrogen) atoms. The Balaban J connectivity index is 1.81. The molecule has 0 aliphatic carbocycles. The zero-order valence-electron chi connectivity index (χ0n) is 13.5. The smallest absolute Gasteiger partial charge is 0.259 e. The fraction of sp³-hybridized carbons (Fsp3) is 0.158. The summed E-state index contributed by atoms with van der Waals surface area (Å²) in [7, 11) is 0. The zero-order chi connectivity index (χ0) is 16.9. The Labute approximate surface area is 145 Å². The Kier molecular flexibility index (Phi) is 4.96. The summed E-state index contributed by atoms with van der Waals surface area (Å²) in [6.07, 6.45) is 1.78. The van der Waals surface area contributed by atoms with Gasteiger partial charge in [-0.15, -0.1) is 10.2 Å². The standard InChI is InChI=1S/C19H17ClN2O2/c1-3-23-16-9-7-14(8-10-16)12-17(20)19-22-21-18(24-19)15-6-4-5-13(2)11-15/h4-12H,3H2,1-2H3/b17-12-. The minimum atomic E-state index is 0.294. The quantitative estimate of drug-likeness (QED) is 0.642. The van der Waals surface area contributed by atoms with Gasteiger partial charge in [0.05, 0.1) is 6.61 Å². The number of rotatable bonds is 5. The molecule has 0 spiro atoms. The molecule has 1 aromatic heterocycles. The first-order chi connectivity index (χ1) is 11.7. The first-order valence-electron chi connectivity index (χ1n) is 7.66. The number of aryl methyl sites for hydroxylation is 1. The lowest BCUT2D eigenvalue weighted by Crippen LogP contribution is -1.90. The van der Waals surface area contributed by atoms with Gasteiger partial charge in [0.15, 0.2) is 0 Å². The molecule has 0 aliphatic rings.